The molecule has 0 bridgehead atoms. The topological polar surface area (TPSA) is 38.8 Å². The third-order valence-corrected chi connectivity index (χ3v) is 4.68. The Labute approximate surface area is 134 Å². The van der Waals surface area contributed by atoms with E-state index in [0.717, 1.165) is 42.3 Å². The van der Waals surface area contributed by atoms with Crippen molar-refractivity contribution in [2.75, 3.05) is 20.2 Å². The quantitative estimate of drug-likeness (QED) is 0.867. The number of amides is 1. The standard InChI is InChI=1S/C17H19NO3S/c1-20-13-4-6-14(7-5-13)21-15-8-10-18(11-9-15)17(19)16-3-2-12-22-16/h2-7,12,15H,8-11H2,1H3. The second kappa shape index (κ2) is 6.83. The SMILES string of the molecule is COc1ccc(OC2CCN(C(=O)c3cccs3)CC2)cc1. The van der Waals surface area contributed by atoms with Gasteiger partial charge in [0.2, 0.25) is 0 Å². The Kier molecular flexibility index (Phi) is 4.63. The van der Waals surface area contributed by atoms with E-state index in [0.29, 0.717) is 0 Å². The molecule has 1 aliphatic rings. The summed E-state index contributed by atoms with van der Waals surface area (Å²) in [5.41, 5.74) is 0. The average Bonchev–Trinajstić information content (AvgIpc) is 3.10. The molecule has 2 aromatic rings. The van der Waals surface area contributed by atoms with E-state index in [1.807, 2.05) is 46.7 Å². The van der Waals surface area contributed by atoms with Gasteiger partial charge in [-0.1, -0.05) is 6.07 Å². The molecule has 0 radical (unpaired) electrons. The highest BCUT2D eigenvalue weighted by Gasteiger charge is 2.25. The average molecular weight is 317 g/mol. The van der Waals surface area contributed by atoms with Gasteiger partial charge in [0, 0.05) is 25.9 Å². The summed E-state index contributed by atoms with van der Waals surface area (Å²) in [4.78, 5) is 15.0. The first-order valence-corrected chi connectivity index (χ1v) is 8.28. The zero-order valence-electron chi connectivity index (χ0n) is 12.5. The highest BCUT2D eigenvalue weighted by Crippen LogP contribution is 2.23. The molecule has 4 nitrogen and oxygen atoms in total. The molecule has 0 spiro atoms. The molecule has 22 heavy (non-hydrogen) atoms. The number of thiophene rings is 1. The summed E-state index contributed by atoms with van der Waals surface area (Å²) in [5, 5.41) is 1.94. The number of likely N-dealkylation sites (tertiary alicyclic amines) is 1. The Morgan fingerprint density at radius 1 is 1.14 bits per heavy atom. The van der Waals surface area contributed by atoms with Gasteiger partial charge < -0.3 is 14.4 Å². The fourth-order valence-electron chi connectivity index (χ4n) is 2.58. The van der Waals surface area contributed by atoms with Crippen LogP contribution in [0.4, 0.5) is 0 Å². The lowest BCUT2D eigenvalue weighted by atomic mass is 10.1. The van der Waals surface area contributed by atoms with E-state index in [4.69, 9.17) is 9.47 Å². The van der Waals surface area contributed by atoms with Gasteiger partial charge in [-0.15, -0.1) is 11.3 Å². The van der Waals surface area contributed by atoms with Crippen molar-refractivity contribution in [3.63, 3.8) is 0 Å². The second-order valence-electron chi connectivity index (χ2n) is 5.26. The molecule has 0 aliphatic carbocycles. The number of hydrogen-bond donors (Lipinski definition) is 0. The lowest BCUT2D eigenvalue weighted by molar-refractivity contribution is 0.0600. The van der Waals surface area contributed by atoms with Gasteiger partial charge in [-0.25, -0.2) is 0 Å². The molecular formula is C17H19NO3S. The van der Waals surface area contributed by atoms with Crippen molar-refractivity contribution in [3.8, 4) is 11.5 Å². The van der Waals surface area contributed by atoms with E-state index in [9.17, 15) is 4.79 Å². The van der Waals surface area contributed by atoms with Crippen LogP contribution in [-0.2, 0) is 0 Å². The minimum atomic E-state index is 0.137. The lowest BCUT2D eigenvalue weighted by Crippen LogP contribution is -2.41. The summed E-state index contributed by atoms with van der Waals surface area (Å²) in [5.74, 6) is 1.81. The maximum Gasteiger partial charge on any atom is 0.263 e. The van der Waals surface area contributed by atoms with E-state index in [1.165, 1.54) is 11.3 Å². The Morgan fingerprint density at radius 3 is 2.41 bits per heavy atom. The number of carbonyl (C=O) groups is 1. The van der Waals surface area contributed by atoms with Crippen molar-refractivity contribution in [1.82, 2.24) is 4.90 Å². The van der Waals surface area contributed by atoms with Crippen LogP contribution in [0.15, 0.2) is 41.8 Å². The maximum absolute atomic E-state index is 12.3. The molecule has 0 unspecified atom stereocenters. The van der Waals surface area contributed by atoms with Gasteiger partial charge in [0.25, 0.3) is 5.91 Å². The van der Waals surface area contributed by atoms with E-state index < -0.39 is 0 Å². The molecule has 1 fully saturated rings. The van der Waals surface area contributed by atoms with Gasteiger partial charge in [0.15, 0.2) is 0 Å². The Hall–Kier alpha value is -2.01. The molecule has 2 heterocycles. The smallest absolute Gasteiger partial charge is 0.263 e. The second-order valence-corrected chi connectivity index (χ2v) is 6.21. The third-order valence-electron chi connectivity index (χ3n) is 3.82. The first-order valence-electron chi connectivity index (χ1n) is 7.40. The van der Waals surface area contributed by atoms with Crippen LogP contribution >= 0.6 is 11.3 Å². The van der Waals surface area contributed by atoms with E-state index in [2.05, 4.69) is 0 Å². The van der Waals surface area contributed by atoms with Crippen molar-refractivity contribution in [2.45, 2.75) is 18.9 Å². The predicted octanol–water partition coefficient (Wildman–Crippen LogP) is 3.44. The number of hydrogen-bond acceptors (Lipinski definition) is 4. The fourth-order valence-corrected chi connectivity index (χ4v) is 3.27. The van der Waals surface area contributed by atoms with Crippen molar-refractivity contribution < 1.29 is 14.3 Å². The third kappa shape index (κ3) is 3.42. The number of piperidine rings is 1. The van der Waals surface area contributed by atoms with Crippen LogP contribution in [0.5, 0.6) is 11.5 Å². The van der Waals surface area contributed by atoms with Gasteiger partial charge in [-0.05, 0) is 35.7 Å². The van der Waals surface area contributed by atoms with Crippen LogP contribution in [0.25, 0.3) is 0 Å². The number of rotatable bonds is 4. The van der Waals surface area contributed by atoms with E-state index in [1.54, 1.807) is 7.11 Å². The summed E-state index contributed by atoms with van der Waals surface area (Å²) in [7, 11) is 1.65. The van der Waals surface area contributed by atoms with Crippen molar-refractivity contribution >= 4 is 17.2 Å². The molecule has 0 N–H and O–H groups in total. The first kappa shape index (κ1) is 14.9. The van der Waals surface area contributed by atoms with Crippen molar-refractivity contribution in [1.29, 1.82) is 0 Å². The Morgan fingerprint density at radius 2 is 1.82 bits per heavy atom. The molecule has 116 valence electrons. The highest BCUT2D eigenvalue weighted by atomic mass is 32.1. The van der Waals surface area contributed by atoms with E-state index >= 15 is 0 Å². The fraction of sp³-hybridized carbons (Fsp3) is 0.353. The van der Waals surface area contributed by atoms with Gasteiger partial charge in [-0.3, -0.25) is 4.79 Å². The minimum absolute atomic E-state index is 0.137. The molecule has 1 saturated heterocycles. The number of methoxy groups -OCH3 is 1. The molecule has 1 aromatic heterocycles. The van der Waals surface area contributed by atoms with Crippen LogP contribution in [-0.4, -0.2) is 37.1 Å². The lowest BCUT2D eigenvalue weighted by Gasteiger charge is -2.32. The van der Waals surface area contributed by atoms with Crippen LogP contribution < -0.4 is 9.47 Å². The number of ether oxygens (including phenoxy) is 2. The van der Waals surface area contributed by atoms with Gasteiger partial charge in [0.1, 0.15) is 17.6 Å². The molecular weight excluding hydrogens is 298 g/mol. The maximum atomic E-state index is 12.3. The highest BCUT2D eigenvalue weighted by molar-refractivity contribution is 7.12. The summed E-state index contributed by atoms with van der Waals surface area (Å²) in [6, 6.07) is 11.4. The van der Waals surface area contributed by atoms with E-state index in [-0.39, 0.29) is 12.0 Å². The molecule has 1 aromatic carbocycles. The van der Waals surface area contributed by atoms with Gasteiger partial charge in [-0.2, -0.15) is 0 Å². The molecule has 5 heteroatoms. The molecule has 0 saturated carbocycles. The zero-order chi connectivity index (χ0) is 15.4. The van der Waals surface area contributed by atoms with Gasteiger partial charge in [0.05, 0.1) is 12.0 Å². The number of benzene rings is 1. The molecule has 0 atom stereocenters. The zero-order valence-corrected chi connectivity index (χ0v) is 13.3. The minimum Gasteiger partial charge on any atom is -0.497 e. The van der Waals surface area contributed by atoms with Crippen LogP contribution in [0.2, 0.25) is 0 Å². The van der Waals surface area contributed by atoms with Crippen LogP contribution in [0, 0.1) is 0 Å². The van der Waals surface area contributed by atoms with Crippen LogP contribution in [0.1, 0.15) is 22.5 Å². The normalized spacial score (nSPS) is 15.6. The summed E-state index contributed by atoms with van der Waals surface area (Å²) >= 11 is 1.50. The number of carbonyl (C=O) groups excluding carboxylic acids is 1. The summed E-state index contributed by atoms with van der Waals surface area (Å²) in [6.45, 7) is 1.50. The molecule has 1 amide bonds. The monoisotopic (exact) mass is 317 g/mol. The molecule has 1 aliphatic heterocycles. The first-order chi connectivity index (χ1) is 10.8. The summed E-state index contributed by atoms with van der Waals surface area (Å²) in [6.07, 6.45) is 1.90. The summed E-state index contributed by atoms with van der Waals surface area (Å²) < 4.78 is 11.1. The predicted molar refractivity (Wildman–Crippen MR) is 86.9 cm³/mol. The van der Waals surface area contributed by atoms with Crippen LogP contribution in [0.3, 0.4) is 0 Å². The van der Waals surface area contributed by atoms with Crippen molar-refractivity contribution in [2.24, 2.45) is 0 Å². The Bertz CT molecular complexity index is 601. The largest absolute Gasteiger partial charge is 0.497 e. The van der Waals surface area contributed by atoms with Crippen molar-refractivity contribution in [3.05, 3.63) is 46.7 Å². The molecule has 3 rings (SSSR count). The Balaban J connectivity index is 1.52. The number of nitrogens with zero attached hydrogens (tertiary/aromatic N) is 1. The van der Waals surface area contributed by atoms with Gasteiger partial charge >= 0.3 is 0 Å².